The van der Waals surface area contributed by atoms with E-state index in [1.165, 1.54) is 24.8 Å². The molecule has 1 aromatic heterocycles. The number of rotatable bonds is 7. The molecular formula is C19H26N2O3. The number of aryl methyl sites for hydroxylation is 1. The van der Waals surface area contributed by atoms with Gasteiger partial charge in [-0.25, -0.2) is 0 Å². The monoisotopic (exact) mass is 330 g/mol. The van der Waals surface area contributed by atoms with Gasteiger partial charge in [0.15, 0.2) is 12.4 Å². The third kappa shape index (κ3) is 3.61. The molecule has 3 rings (SSSR count). The summed E-state index contributed by atoms with van der Waals surface area (Å²) < 4.78 is 16.8. The first-order valence-corrected chi connectivity index (χ1v) is 8.80. The number of methoxy groups -OCH3 is 1. The van der Waals surface area contributed by atoms with Crippen LogP contribution in [-0.4, -0.2) is 23.9 Å². The molecule has 1 aliphatic rings. The Morgan fingerprint density at radius 1 is 1.17 bits per heavy atom. The van der Waals surface area contributed by atoms with Gasteiger partial charge in [0.1, 0.15) is 5.75 Å². The standard InChI is InChI=1S/C19H26N2O3/c1-3-15-9-5-6-10-16(15)23-13-17-20-18(21-24-17)19(14-22-2)11-7-4-8-12-19/h5-6,9-10H,3-4,7-8,11-14H2,1-2H3. The van der Waals surface area contributed by atoms with Gasteiger partial charge >= 0.3 is 0 Å². The molecule has 2 aromatic rings. The smallest absolute Gasteiger partial charge is 0.264 e. The van der Waals surface area contributed by atoms with E-state index in [-0.39, 0.29) is 5.41 Å². The minimum atomic E-state index is -0.101. The van der Waals surface area contributed by atoms with Crippen LogP contribution in [0.4, 0.5) is 0 Å². The maximum atomic E-state index is 5.88. The number of hydrogen-bond acceptors (Lipinski definition) is 5. The summed E-state index contributed by atoms with van der Waals surface area (Å²) in [6, 6.07) is 8.05. The van der Waals surface area contributed by atoms with Crippen molar-refractivity contribution in [2.45, 2.75) is 57.5 Å². The van der Waals surface area contributed by atoms with E-state index in [2.05, 4.69) is 23.1 Å². The quantitative estimate of drug-likeness (QED) is 0.766. The largest absolute Gasteiger partial charge is 0.483 e. The number of nitrogens with zero attached hydrogens (tertiary/aromatic N) is 2. The molecule has 0 unspecified atom stereocenters. The summed E-state index contributed by atoms with van der Waals surface area (Å²) in [5.74, 6) is 2.17. The molecule has 1 aromatic carbocycles. The van der Waals surface area contributed by atoms with Crippen molar-refractivity contribution >= 4 is 0 Å². The molecule has 1 heterocycles. The lowest BCUT2D eigenvalue weighted by atomic mass is 9.74. The summed E-state index contributed by atoms with van der Waals surface area (Å²) >= 11 is 0. The second-order valence-corrected chi connectivity index (χ2v) is 6.54. The molecule has 0 saturated heterocycles. The Labute approximate surface area is 143 Å². The van der Waals surface area contributed by atoms with E-state index >= 15 is 0 Å². The molecule has 5 nitrogen and oxygen atoms in total. The summed E-state index contributed by atoms with van der Waals surface area (Å²) in [7, 11) is 1.74. The fourth-order valence-electron chi connectivity index (χ4n) is 3.54. The first-order chi connectivity index (χ1) is 11.8. The van der Waals surface area contributed by atoms with Crippen molar-refractivity contribution in [2.24, 2.45) is 0 Å². The van der Waals surface area contributed by atoms with Crippen molar-refractivity contribution in [3.8, 4) is 5.75 Å². The van der Waals surface area contributed by atoms with Crippen LogP contribution in [0.1, 0.15) is 56.3 Å². The first kappa shape index (κ1) is 17.0. The Hall–Kier alpha value is -1.88. The van der Waals surface area contributed by atoms with Crippen LogP contribution in [0.5, 0.6) is 5.75 Å². The number of aromatic nitrogens is 2. The zero-order valence-electron chi connectivity index (χ0n) is 14.6. The molecule has 5 heteroatoms. The predicted octanol–water partition coefficient (Wildman–Crippen LogP) is 4.06. The van der Waals surface area contributed by atoms with Crippen LogP contribution in [0.2, 0.25) is 0 Å². The predicted molar refractivity (Wildman–Crippen MR) is 91.1 cm³/mol. The summed E-state index contributed by atoms with van der Waals surface area (Å²) in [5.41, 5.74) is 1.08. The van der Waals surface area contributed by atoms with Gasteiger partial charge in [0.2, 0.25) is 0 Å². The van der Waals surface area contributed by atoms with Gasteiger partial charge in [-0.1, -0.05) is 49.5 Å². The zero-order chi connectivity index (χ0) is 16.8. The Kier molecular flexibility index (Phi) is 5.51. The van der Waals surface area contributed by atoms with Gasteiger partial charge < -0.3 is 14.0 Å². The maximum Gasteiger partial charge on any atom is 0.264 e. The number of benzene rings is 1. The van der Waals surface area contributed by atoms with E-state index in [1.807, 2.05) is 18.2 Å². The molecule has 0 bridgehead atoms. The molecule has 1 aliphatic carbocycles. The molecule has 0 spiro atoms. The van der Waals surface area contributed by atoms with E-state index in [9.17, 15) is 0 Å². The molecule has 0 aliphatic heterocycles. The average molecular weight is 330 g/mol. The van der Waals surface area contributed by atoms with Crippen molar-refractivity contribution in [1.29, 1.82) is 0 Å². The van der Waals surface area contributed by atoms with E-state index < -0.39 is 0 Å². The van der Waals surface area contributed by atoms with E-state index in [0.29, 0.717) is 19.1 Å². The topological polar surface area (TPSA) is 57.4 Å². The summed E-state index contributed by atoms with van der Waals surface area (Å²) in [4.78, 5) is 4.61. The molecule has 0 radical (unpaired) electrons. The highest BCUT2D eigenvalue weighted by atomic mass is 16.5. The minimum absolute atomic E-state index is 0.101. The summed E-state index contributed by atoms with van der Waals surface area (Å²) in [6.07, 6.45) is 6.69. The molecular weight excluding hydrogens is 304 g/mol. The molecule has 0 atom stereocenters. The summed E-state index contributed by atoms with van der Waals surface area (Å²) in [6.45, 7) is 3.06. The van der Waals surface area contributed by atoms with E-state index in [0.717, 1.165) is 30.8 Å². The van der Waals surface area contributed by atoms with Gasteiger partial charge in [0.05, 0.1) is 12.0 Å². The second kappa shape index (κ2) is 7.79. The normalized spacial score (nSPS) is 16.9. The number of ether oxygens (including phenoxy) is 2. The van der Waals surface area contributed by atoms with Crippen molar-refractivity contribution in [1.82, 2.24) is 10.1 Å². The number of para-hydroxylation sites is 1. The van der Waals surface area contributed by atoms with E-state index in [4.69, 9.17) is 14.0 Å². The van der Waals surface area contributed by atoms with Crippen LogP contribution in [0.15, 0.2) is 28.8 Å². The van der Waals surface area contributed by atoms with Crippen LogP contribution >= 0.6 is 0 Å². The summed E-state index contributed by atoms with van der Waals surface area (Å²) in [5, 5.41) is 4.24. The molecule has 0 N–H and O–H groups in total. The van der Waals surface area contributed by atoms with Crippen molar-refractivity contribution in [3.05, 3.63) is 41.5 Å². The third-order valence-electron chi connectivity index (χ3n) is 4.88. The molecule has 130 valence electrons. The maximum absolute atomic E-state index is 5.88. The molecule has 24 heavy (non-hydrogen) atoms. The molecule has 1 saturated carbocycles. The fraction of sp³-hybridized carbons (Fsp3) is 0.579. The van der Waals surface area contributed by atoms with Gasteiger partial charge in [-0.05, 0) is 30.9 Å². The number of hydrogen-bond donors (Lipinski definition) is 0. The highest BCUT2D eigenvalue weighted by Crippen LogP contribution is 2.38. The van der Waals surface area contributed by atoms with Crippen molar-refractivity contribution in [2.75, 3.05) is 13.7 Å². The van der Waals surface area contributed by atoms with E-state index in [1.54, 1.807) is 7.11 Å². The van der Waals surface area contributed by atoms with Gasteiger partial charge in [0, 0.05) is 7.11 Å². The highest BCUT2D eigenvalue weighted by Gasteiger charge is 2.38. The molecule has 0 amide bonds. The van der Waals surface area contributed by atoms with Crippen molar-refractivity contribution in [3.63, 3.8) is 0 Å². The van der Waals surface area contributed by atoms with Gasteiger partial charge in [0.25, 0.3) is 5.89 Å². The minimum Gasteiger partial charge on any atom is -0.483 e. The van der Waals surface area contributed by atoms with Crippen LogP contribution in [0, 0.1) is 0 Å². The van der Waals surface area contributed by atoms with Crippen molar-refractivity contribution < 1.29 is 14.0 Å². The van der Waals surface area contributed by atoms with Gasteiger partial charge in [-0.15, -0.1) is 0 Å². The highest BCUT2D eigenvalue weighted by molar-refractivity contribution is 5.33. The Balaban J connectivity index is 1.70. The lowest BCUT2D eigenvalue weighted by molar-refractivity contribution is 0.0961. The lowest BCUT2D eigenvalue weighted by Crippen LogP contribution is -2.35. The van der Waals surface area contributed by atoms with Gasteiger partial charge in [-0.3, -0.25) is 0 Å². The Bertz CT molecular complexity index is 642. The zero-order valence-corrected chi connectivity index (χ0v) is 14.6. The third-order valence-corrected chi connectivity index (χ3v) is 4.88. The average Bonchev–Trinajstić information content (AvgIpc) is 3.11. The van der Waals surface area contributed by atoms with Gasteiger partial charge in [-0.2, -0.15) is 4.98 Å². The van der Waals surface area contributed by atoms with Crippen LogP contribution < -0.4 is 4.74 Å². The Morgan fingerprint density at radius 3 is 2.71 bits per heavy atom. The lowest BCUT2D eigenvalue weighted by Gasteiger charge is -2.33. The SMILES string of the molecule is CCc1ccccc1OCc1nc(C2(COC)CCCCC2)no1. The van der Waals surface area contributed by atoms with Crippen LogP contribution in [0.3, 0.4) is 0 Å². The van der Waals surface area contributed by atoms with Crippen LogP contribution in [-0.2, 0) is 23.2 Å². The fourth-order valence-corrected chi connectivity index (χ4v) is 3.54. The first-order valence-electron chi connectivity index (χ1n) is 8.80. The second-order valence-electron chi connectivity index (χ2n) is 6.54. The Morgan fingerprint density at radius 2 is 1.96 bits per heavy atom. The van der Waals surface area contributed by atoms with Crippen LogP contribution in [0.25, 0.3) is 0 Å². The molecule has 1 fully saturated rings.